The highest BCUT2D eigenvalue weighted by molar-refractivity contribution is 6.17. The molecular formula is C14H13ClN2O3. The van der Waals surface area contributed by atoms with E-state index in [9.17, 15) is 10.1 Å². The molecule has 0 unspecified atom stereocenters. The average Bonchev–Trinajstić information content (AvgIpc) is 2.40. The van der Waals surface area contributed by atoms with Gasteiger partial charge >= 0.3 is 0 Å². The molecule has 0 saturated carbocycles. The zero-order valence-electron chi connectivity index (χ0n) is 11.1. The maximum Gasteiger partial charge on any atom is 0.272 e. The molecule has 20 heavy (non-hydrogen) atoms. The minimum absolute atomic E-state index is 0.0690. The smallest absolute Gasteiger partial charge is 0.272 e. The average molecular weight is 293 g/mol. The van der Waals surface area contributed by atoms with E-state index in [0.717, 1.165) is 11.1 Å². The van der Waals surface area contributed by atoms with E-state index in [1.807, 2.05) is 13.0 Å². The summed E-state index contributed by atoms with van der Waals surface area (Å²) in [4.78, 5) is 14.5. The Morgan fingerprint density at radius 2 is 2.05 bits per heavy atom. The summed E-state index contributed by atoms with van der Waals surface area (Å²) in [5.74, 6) is 1.37. The first-order valence-corrected chi connectivity index (χ1v) is 6.49. The molecule has 0 saturated heterocycles. The number of hydrogen-bond acceptors (Lipinski definition) is 4. The van der Waals surface area contributed by atoms with Gasteiger partial charge in [0, 0.05) is 29.3 Å². The van der Waals surface area contributed by atoms with E-state index in [1.54, 1.807) is 25.3 Å². The Hall–Kier alpha value is -2.14. The number of halogens is 1. The molecule has 0 bridgehead atoms. The molecule has 5 nitrogen and oxygen atoms in total. The number of hydrogen-bond donors (Lipinski definition) is 0. The number of aryl methyl sites for hydroxylation is 2. The zero-order chi connectivity index (χ0) is 14.7. The van der Waals surface area contributed by atoms with Crippen LogP contribution >= 0.6 is 11.6 Å². The van der Waals surface area contributed by atoms with Gasteiger partial charge in [-0.2, -0.15) is 0 Å². The fourth-order valence-electron chi connectivity index (χ4n) is 1.81. The Balaban J connectivity index is 2.26. The number of nitro groups is 1. The Morgan fingerprint density at radius 1 is 1.30 bits per heavy atom. The van der Waals surface area contributed by atoms with E-state index >= 15 is 0 Å². The van der Waals surface area contributed by atoms with Gasteiger partial charge in [0.2, 0.25) is 5.88 Å². The van der Waals surface area contributed by atoms with Crippen LogP contribution in [0.2, 0.25) is 0 Å². The number of benzene rings is 1. The Morgan fingerprint density at radius 3 is 2.60 bits per heavy atom. The summed E-state index contributed by atoms with van der Waals surface area (Å²) in [6.45, 7) is 3.54. The summed E-state index contributed by atoms with van der Waals surface area (Å²) in [5.41, 5.74) is 2.39. The van der Waals surface area contributed by atoms with Crippen molar-refractivity contribution in [1.82, 2.24) is 4.98 Å². The third-order valence-electron chi connectivity index (χ3n) is 2.82. The molecule has 0 spiro atoms. The first-order valence-electron chi connectivity index (χ1n) is 5.95. The molecule has 0 radical (unpaired) electrons. The van der Waals surface area contributed by atoms with Crippen molar-refractivity contribution in [3.8, 4) is 11.6 Å². The van der Waals surface area contributed by atoms with E-state index < -0.39 is 4.92 Å². The first-order chi connectivity index (χ1) is 9.51. The summed E-state index contributed by atoms with van der Waals surface area (Å²) in [7, 11) is 0. The van der Waals surface area contributed by atoms with Crippen LogP contribution in [0.5, 0.6) is 11.6 Å². The Kier molecular flexibility index (Phi) is 4.20. The van der Waals surface area contributed by atoms with Crippen LogP contribution in [-0.4, -0.2) is 9.91 Å². The van der Waals surface area contributed by atoms with Crippen LogP contribution < -0.4 is 4.74 Å². The lowest BCUT2D eigenvalue weighted by atomic mass is 10.2. The molecule has 2 aromatic rings. The number of nitro benzene ring substituents is 1. The van der Waals surface area contributed by atoms with Crippen molar-refractivity contribution >= 4 is 17.3 Å². The third kappa shape index (κ3) is 3.05. The molecular weight excluding hydrogens is 280 g/mol. The molecule has 0 aliphatic heterocycles. The van der Waals surface area contributed by atoms with E-state index in [4.69, 9.17) is 16.3 Å². The molecule has 2 rings (SSSR count). The molecule has 104 valence electrons. The lowest BCUT2D eigenvalue weighted by Crippen LogP contribution is -1.95. The summed E-state index contributed by atoms with van der Waals surface area (Å²) in [6.07, 6.45) is 1.65. The Bertz CT molecular complexity index is 659. The predicted molar refractivity (Wildman–Crippen MR) is 76.4 cm³/mol. The molecule has 1 aromatic heterocycles. The molecule has 0 amide bonds. The molecule has 0 N–H and O–H groups in total. The van der Waals surface area contributed by atoms with Gasteiger partial charge in [-0.05, 0) is 37.6 Å². The number of aromatic nitrogens is 1. The highest BCUT2D eigenvalue weighted by atomic mass is 35.5. The van der Waals surface area contributed by atoms with Gasteiger partial charge in [0.1, 0.15) is 5.75 Å². The topological polar surface area (TPSA) is 65.3 Å². The molecule has 0 aliphatic carbocycles. The summed E-state index contributed by atoms with van der Waals surface area (Å²) in [6, 6.07) is 6.50. The zero-order valence-corrected chi connectivity index (χ0v) is 11.8. The number of nitrogens with zero attached hydrogens (tertiary/aromatic N) is 2. The van der Waals surface area contributed by atoms with Crippen LogP contribution in [0.15, 0.2) is 30.5 Å². The highest BCUT2D eigenvalue weighted by Gasteiger charge is 2.12. The van der Waals surface area contributed by atoms with Crippen molar-refractivity contribution in [3.05, 3.63) is 57.3 Å². The molecule has 6 heteroatoms. The normalized spacial score (nSPS) is 10.3. The SMILES string of the molecule is Cc1cc(Oc2ncc(CCl)cc2C)ccc1[N+](=O)[O-]. The van der Waals surface area contributed by atoms with Crippen molar-refractivity contribution in [2.75, 3.05) is 0 Å². The quantitative estimate of drug-likeness (QED) is 0.482. The van der Waals surface area contributed by atoms with Crippen LogP contribution in [0.1, 0.15) is 16.7 Å². The molecule has 1 aromatic carbocycles. The van der Waals surface area contributed by atoms with E-state index in [-0.39, 0.29) is 5.69 Å². The molecule has 0 aliphatic rings. The minimum Gasteiger partial charge on any atom is -0.439 e. The second-order valence-corrected chi connectivity index (χ2v) is 4.67. The second-order valence-electron chi connectivity index (χ2n) is 4.41. The van der Waals surface area contributed by atoms with Gasteiger partial charge in [-0.25, -0.2) is 4.98 Å². The minimum atomic E-state index is -0.419. The van der Waals surface area contributed by atoms with Gasteiger partial charge in [-0.1, -0.05) is 0 Å². The van der Waals surface area contributed by atoms with E-state index in [2.05, 4.69) is 4.98 Å². The second kappa shape index (κ2) is 5.88. The van der Waals surface area contributed by atoms with Crippen molar-refractivity contribution in [1.29, 1.82) is 0 Å². The van der Waals surface area contributed by atoms with Crippen LogP contribution in [-0.2, 0) is 5.88 Å². The van der Waals surface area contributed by atoms with Gasteiger partial charge in [0.25, 0.3) is 5.69 Å². The van der Waals surface area contributed by atoms with Crippen LogP contribution in [0.3, 0.4) is 0 Å². The summed E-state index contributed by atoms with van der Waals surface area (Å²) >= 11 is 5.73. The van der Waals surface area contributed by atoms with Gasteiger partial charge < -0.3 is 4.74 Å². The van der Waals surface area contributed by atoms with E-state index in [0.29, 0.717) is 23.1 Å². The maximum atomic E-state index is 10.8. The van der Waals surface area contributed by atoms with E-state index in [1.165, 1.54) is 6.07 Å². The van der Waals surface area contributed by atoms with Gasteiger partial charge in [-0.15, -0.1) is 11.6 Å². The standard InChI is InChI=1S/C14H13ClN2O3/c1-9-6-12(3-4-13(9)17(18)19)20-14-10(2)5-11(7-15)8-16-14/h3-6,8H,7H2,1-2H3. The monoisotopic (exact) mass is 292 g/mol. The predicted octanol–water partition coefficient (Wildman–Crippen LogP) is 4.14. The van der Waals surface area contributed by atoms with Crippen LogP contribution in [0, 0.1) is 24.0 Å². The van der Waals surface area contributed by atoms with Crippen LogP contribution in [0.4, 0.5) is 5.69 Å². The molecule has 1 heterocycles. The fourth-order valence-corrected chi connectivity index (χ4v) is 1.95. The number of rotatable bonds is 4. The van der Waals surface area contributed by atoms with Crippen molar-refractivity contribution in [2.45, 2.75) is 19.7 Å². The maximum absolute atomic E-state index is 10.8. The number of ether oxygens (including phenoxy) is 1. The Labute approximate surface area is 121 Å². The van der Waals surface area contributed by atoms with Crippen molar-refractivity contribution in [3.63, 3.8) is 0 Å². The molecule has 0 atom stereocenters. The largest absolute Gasteiger partial charge is 0.439 e. The lowest BCUT2D eigenvalue weighted by Gasteiger charge is -2.09. The fraction of sp³-hybridized carbons (Fsp3) is 0.214. The first kappa shape index (κ1) is 14.3. The number of alkyl halides is 1. The van der Waals surface area contributed by atoms with Gasteiger partial charge in [0.15, 0.2) is 0 Å². The van der Waals surface area contributed by atoms with Gasteiger partial charge in [-0.3, -0.25) is 10.1 Å². The molecule has 0 fully saturated rings. The van der Waals surface area contributed by atoms with Crippen molar-refractivity contribution < 1.29 is 9.66 Å². The van der Waals surface area contributed by atoms with Crippen molar-refractivity contribution in [2.24, 2.45) is 0 Å². The lowest BCUT2D eigenvalue weighted by molar-refractivity contribution is -0.385. The van der Waals surface area contributed by atoms with Crippen LogP contribution in [0.25, 0.3) is 0 Å². The summed E-state index contributed by atoms with van der Waals surface area (Å²) in [5, 5.41) is 10.8. The number of pyridine rings is 1. The van der Waals surface area contributed by atoms with Gasteiger partial charge in [0.05, 0.1) is 4.92 Å². The summed E-state index contributed by atoms with van der Waals surface area (Å²) < 4.78 is 5.65. The third-order valence-corrected chi connectivity index (χ3v) is 3.13. The highest BCUT2D eigenvalue weighted by Crippen LogP contribution is 2.28.